The van der Waals surface area contributed by atoms with E-state index in [4.69, 9.17) is 38.0 Å². The van der Waals surface area contributed by atoms with Crippen molar-refractivity contribution in [1.82, 2.24) is 9.66 Å². The minimum atomic E-state index is -0.221. The third kappa shape index (κ3) is 5.35. The van der Waals surface area contributed by atoms with Gasteiger partial charge >= 0.3 is 0 Å². The zero-order valence-electron chi connectivity index (χ0n) is 20.8. The van der Waals surface area contributed by atoms with Crippen LogP contribution < -0.4 is 10.3 Å². The first kappa shape index (κ1) is 26.4. The van der Waals surface area contributed by atoms with E-state index in [9.17, 15) is 4.79 Å². The Morgan fingerprint density at radius 3 is 2.63 bits per heavy atom. The van der Waals surface area contributed by atoms with Crippen molar-refractivity contribution in [1.29, 1.82) is 0 Å². The Labute approximate surface area is 238 Å². The van der Waals surface area contributed by atoms with Crippen LogP contribution in [0.4, 0.5) is 0 Å². The van der Waals surface area contributed by atoms with Gasteiger partial charge in [0.25, 0.3) is 5.56 Å². The van der Waals surface area contributed by atoms with E-state index in [0.29, 0.717) is 39.1 Å². The molecule has 1 heterocycles. The van der Waals surface area contributed by atoms with Crippen LogP contribution in [0.1, 0.15) is 43.1 Å². The van der Waals surface area contributed by atoms with E-state index in [-0.39, 0.29) is 11.5 Å². The number of halogens is 3. The summed E-state index contributed by atoms with van der Waals surface area (Å²) in [5.41, 5.74) is 2.08. The second-order valence-corrected chi connectivity index (χ2v) is 10.8. The molecule has 0 fully saturated rings. The van der Waals surface area contributed by atoms with Gasteiger partial charge < -0.3 is 4.74 Å². The average molecular weight is 609 g/mol. The maximum Gasteiger partial charge on any atom is 0.282 e. The second kappa shape index (κ2) is 11.3. The van der Waals surface area contributed by atoms with Crippen LogP contribution in [0.5, 0.6) is 5.75 Å². The molecule has 0 radical (unpaired) electrons. The number of benzene rings is 4. The molecule has 0 aliphatic heterocycles. The molecule has 38 heavy (non-hydrogen) atoms. The maximum atomic E-state index is 13.6. The minimum absolute atomic E-state index is 0.0331. The zero-order valence-corrected chi connectivity index (χ0v) is 23.9. The molecule has 4 aromatic carbocycles. The fraction of sp³-hybridized carbons (Fsp3) is 0.167. The van der Waals surface area contributed by atoms with Crippen LogP contribution in [0.15, 0.2) is 87.2 Å². The van der Waals surface area contributed by atoms with Gasteiger partial charge in [-0.2, -0.15) is 9.78 Å². The monoisotopic (exact) mass is 607 g/mol. The van der Waals surface area contributed by atoms with Crippen molar-refractivity contribution in [2.45, 2.75) is 32.8 Å². The van der Waals surface area contributed by atoms with E-state index >= 15 is 0 Å². The van der Waals surface area contributed by atoms with Gasteiger partial charge in [0.2, 0.25) is 0 Å². The molecule has 8 heteroatoms. The van der Waals surface area contributed by atoms with E-state index in [2.05, 4.69) is 22.9 Å². The summed E-state index contributed by atoms with van der Waals surface area (Å²) in [6, 6.07) is 22.8. The van der Waals surface area contributed by atoms with E-state index in [0.717, 1.165) is 32.8 Å². The number of nitrogens with zero attached hydrogens (tertiary/aromatic N) is 3. The van der Waals surface area contributed by atoms with Crippen molar-refractivity contribution in [2.24, 2.45) is 5.10 Å². The van der Waals surface area contributed by atoms with Crippen LogP contribution >= 0.6 is 39.1 Å². The van der Waals surface area contributed by atoms with Crippen molar-refractivity contribution >= 4 is 67.0 Å². The van der Waals surface area contributed by atoms with E-state index in [1.807, 2.05) is 61.5 Å². The highest BCUT2D eigenvalue weighted by atomic mass is 79.9. The lowest BCUT2D eigenvalue weighted by Crippen LogP contribution is -2.23. The fourth-order valence-corrected chi connectivity index (χ4v) is 4.90. The molecule has 5 rings (SSSR count). The zero-order chi connectivity index (χ0) is 26.8. The Morgan fingerprint density at radius 1 is 1.03 bits per heavy atom. The standard InChI is InChI=1S/C30H24BrCl2N3O2/c1-3-18(2)29-35-27-12-10-21(31)15-23(27)30(37)36(29)34-16-24-22-7-5-4-6-20(22)9-13-28(24)38-17-19-8-11-25(32)26(33)14-19/h4-16,18H,3,17H2,1-2H3/t18-/m1/s1. The van der Waals surface area contributed by atoms with Crippen LogP contribution in [0.25, 0.3) is 21.7 Å². The summed E-state index contributed by atoms with van der Waals surface area (Å²) in [5, 5.41) is 8.15. The van der Waals surface area contributed by atoms with E-state index in [1.54, 1.807) is 24.4 Å². The SMILES string of the molecule is CC[C@@H](C)c1nc2ccc(Br)cc2c(=O)n1N=Cc1c(OCc2ccc(Cl)c(Cl)c2)ccc2ccccc12. The Kier molecular flexibility index (Phi) is 7.84. The molecular weight excluding hydrogens is 585 g/mol. The lowest BCUT2D eigenvalue weighted by Gasteiger charge is -2.15. The van der Waals surface area contributed by atoms with Gasteiger partial charge in [-0.25, -0.2) is 4.98 Å². The predicted octanol–water partition coefficient (Wildman–Crippen LogP) is 8.59. The first-order valence-electron chi connectivity index (χ1n) is 12.2. The molecule has 192 valence electrons. The fourth-order valence-electron chi connectivity index (χ4n) is 4.22. The molecule has 0 saturated carbocycles. The topological polar surface area (TPSA) is 56.5 Å². The minimum Gasteiger partial charge on any atom is -0.488 e. The number of rotatable bonds is 7. The highest BCUT2D eigenvalue weighted by Crippen LogP contribution is 2.29. The first-order chi connectivity index (χ1) is 18.4. The second-order valence-electron chi connectivity index (χ2n) is 9.04. The van der Waals surface area contributed by atoms with Gasteiger partial charge in [-0.15, -0.1) is 0 Å². The Hall–Kier alpha value is -3.19. The van der Waals surface area contributed by atoms with Gasteiger partial charge in [0.1, 0.15) is 18.2 Å². The number of fused-ring (bicyclic) bond motifs is 2. The molecule has 0 aliphatic rings. The summed E-state index contributed by atoms with van der Waals surface area (Å²) in [4.78, 5) is 18.4. The smallest absolute Gasteiger partial charge is 0.282 e. The van der Waals surface area contributed by atoms with Crippen molar-refractivity contribution < 1.29 is 4.74 Å². The van der Waals surface area contributed by atoms with Crippen molar-refractivity contribution in [3.8, 4) is 5.75 Å². The van der Waals surface area contributed by atoms with Gasteiger partial charge in [-0.1, -0.05) is 89.4 Å². The van der Waals surface area contributed by atoms with E-state index in [1.165, 1.54) is 4.68 Å². The quantitative estimate of drug-likeness (QED) is 0.174. The lowest BCUT2D eigenvalue weighted by atomic mass is 10.0. The normalized spacial score (nSPS) is 12.4. The summed E-state index contributed by atoms with van der Waals surface area (Å²) in [6.07, 6.45) is 2.50. The maximum absolute atomic E-state index is 13.6. The van der Waals surface area contributed by atoms with Gasteiger partial charge in [0.15, 0.2) is 0 Å². The molecule has 5 aromatic rings. The summed E-state index contributed by atoms with van der Waals surface area (Å²) >= 11 is 15.7. The highest BCUT2D eigenvalue weighted by molar-refractivity contribution is 9.10. The molecule has 0 unspecified atom stereocenters. The van der Waals surface area contributed by atoms with E-state index < -0.39 is 0 Å². The van der Waals surface area contributed by atoms with Crippen LogP contribution in [-0.2, 0) is 6.61 Å². The summed E-state index contributed by atoms with van der Waals surface area (Å²) in [5.74, 6) is 1.28. The van der Waals surface area contributed by atoms with Gasteiger partial charge in [0, 0.05) is 16.0 Å². The molecule has 0 N–H and O–H groups in total. The van der Waals surface area contributed by atoms with Gasteiger partial charge in [0.05, 0.1) is 27.2 Å². The molecule has 1 atom stereocenters. The first-order valence-corrected chi connectivity index (χ1v) is 13.8. The van der Waals surface area contributed by atoms with Crippen molar-refractivity contribution in [2.75, 3.05) is 0 Å². The number of hydrogen-bond donors (Lipinski definition) is 0. The Bertz CT molecular complexity index is 1750. The van der Waals surface area contributed by atoms with Crippen LogP contribution in [-0.4, -0.2) is 15.9 Å². The van der Waals surface area contributed by atoms with Crippen LogP contribution in [0, 0.1) is 0 Å². The highest BCUT2D eigenvalue weighted by Gasteiger charge is 2.16. The summed E-state index contributed by atoms with van der Waals surface area (Å²) in [7, 11) is 0. The predicted molar refractivity (Wildman–Crippen MR) is 160 cm³/mol. The van der Waals surface area contributed by atoms with Crippen LogP contribution in [0.3, 0.4) is 0 Å². The molecule has 0 amide bonds. The largest absolute Gasteiger partial charge is 0.488 e. The molecule has 0 aliphatic carbocycles. The Morgan fingerprint density at radius 2 is 1.84 bits per heavy atom. The van der Waals surface area contributed by atoms with Crippen molar-refractivity contribution in [3.05, 3.63) is 115 Å². The van der Waals surface area contributed by atoms with Gasteiger partial charge in [-0.05, 0) is 59.2 Å². The lowest BCUT2D eigenvalue weighted by molar-refractivity contribution is 0.306. The number of aromatic nitrogens is 2. The Balaban J connectivity index is 1.62. The third-order valence-corrected chi connectivity index (χ3v) is 7.73. The molecule has 5 nitrogen and oxygen atoms in total. The van der Waals surface area contributed by atoms with Crippen LogP contribution in [0.2, 0.25) is 10.0 Å². The molecule has 0 spiro atoms. The molecule has 0 saturated heterocycles. The van der Waals surface area contributed by atoms with Gasteiger partial charge in [-0.3, -0.25) is 4.79 Å². The number of hydrogen-bond acceptors (Lipinski definition) is 4. The van der Waals surface area contributed by atoms with Crippen molar-refractivity contribution in [3.63, 3.8) is 0 Å². The third-order valence-electron chi connectivity index (χ3n) is 6.50. The average Bonchev–Trinajstić information content (AvgIpc) is 2.93. The number of ether oxygens (including phenoxy) is 1. The summed E-state index contributed by atoms with van der Waals surface area (Å²) < 4.78 is 8.45. The molecular formula is C30H24BrCl2N3O2. The molecule has 0 bridgehead atoms. The summed E-state index contributed by atoms with van der Waals surface area (Å²) in [6.45, 7) is 4.40. The molecule has 1 aromatic heterocycles.